The lowest BCUT2D eigenvalue weighted by Crippen LogP contribution is -2.51. The highest BCUT2D eigenvalue weighted by molar-refractivity contribution is 5.87. The third-order valence-corrected chi connectivity index (χ3v) is 4.20. The van der Waals surface area contributed by atoms with Crippen molar-refractivity contribution in [1.82, 2.24) is 10.2 Å². The topological polar surface area (TPSA) is 32.3 Å². The lowest BCUT2D eigenvalue weighted by atomic mass is 9.82. The fourth-order valence-electron chi connectivity index (χ4n) is 2.79. The van der Waals surface area contributed by atoms with Crippen molar-refractivity contribution in [2.45, 2.75) is 38.1 Å². The Labute approximate surface area is 132 Å². The molecule has 1 aromatic rings. The second-order valence-electron chi connectivity index (χ2n) is 6.01. The van der Waals surface area contributed by atoms with Crippen molar-refractivity contribution in [3.63, 3.8) is 0 Å². The van der Waals surface area contributed by atoms with Gasteiger partial charge in [-0.15, -0.1) is 12.4 Å². The summed E-state index contributed by atoms with van der Waals surface area (Å²) in [6.45, 7) is 5.25. The molecule has 1 aromatic carbocycles. The minimum absolute atomic E-state index is 0. The Balaban J connectivity index is 0.00000220. The number of nitrogens with zero attached hydrogens (tertiary/aromatic N) is 1. The molecule has 5 heteroatoms. The highest BCUT2D eigenvalue weighted by Gasteiger charge is 2.35. The van der Waals surface area contributed by atoms with Gasteiger partial charge in [-0.1, -0.05) is 12.1 Å². The van der Waals surface area contributed by atoms with Gasteiger partial charge in [-0.25, -0.2) is 4.39 Å². The highest BCUT2D eigenvalue weighted by atomic mass is 35.5. The zero-order chi connectivity index (χ0) is 14.8. The lowest BCUT2D eigenvalue weighted by molar-refractivity contribution is -0.137. The molecule has 21 heavy (non-hydrogen) atoms. The Morgan fingerprint density at radius 2 is 2.14 bits per heavy atom. The number of benzene rings is 1. The number of carbonyl (C=O) groups is 1. The highest BCUT2D eigenvalue weighted by Crippen LogP contribution is 2.27. The van der Waals surface area contributed by atoms with Gasteiger partial charge in [0.2, 0.25) is 5.91 Å². The molecule has 0 spiro atoms. The smallest absolute Gasteiger partial charge is 0.232 e. The molecule has 1 atom stereocenters. The molecule has 1 fully saturated rings. The van der Waals surface area contributed by atoms with E-state index < -0.39 is 5.41 Å². The van der Waals surface area contributed by atoms with Crippen molar-refractivity contribution in [1.29, 1.82) is 0 Å². The van der Waals surface area contributed by atoms with E-state index in [0.29, 0.717) is 6.04 Å². The second-order valence-corrected chi connectivity index (χ2v) is 6.01. The van der Waals surface area contributed by atoms with Crippen molar-refractivity contribution in [3.05, 3.63) is 35.6 Å². The minimum Gasteiger partial charge on any atom is -0.340 e. The minimum atomic E-state index is -0.697. The van der Waals surface area contributed by atoms with Crippen LogP contribution in [0.1, 0.15) is 32.3 Å². The van der Waals surface area contributed by atoms with Crippen molar-refractivity contribution in [2.75, 3.05) is 20.1 Å². The van der Waals surface area contributed by atoms with Crippen LogP contribution >= 0.6 is 12.4 Å². The molecule has 1 aliphatic heterocycles. The number of hydrogen-bond acceptors (Lipinski definition) is 2. The van der Waals surface area contributed by atoms with E-state index in [1.54, 1.807) is 6.07 Å². The van der Waals surface area contributed by atoms with E-state index in [2.05, 4.69) is 5.32 Å². The Morgan fingerprint density at radius 3 is 2.76 bits per heavy atom. The Kier molecular flexibility index (Phi) is 6.17. The molecule has 0 aromatic heterocycles. The molecule has 1 amide bonds. The molecule has 1 heterocycles. The number of likely N-dealkylation sites (N-methyl/N-ethyl adjacent to an activating group) is 1. The fourth-order valence-corrected chi connectivity index (χ4v) is 2.79. The van der Waals surface area contributed by atoms with Gasteiger partial charge in [0, 0.05) is 19.1 Å². The summed E-state index contributed by atoms with van der Waals surface area (Å²) in [6.07, 6.45) is 2.11. The average molecular weight is 315 g/mol. The first-order valence-corrected chi connectivity index (χ1v) is 7.18. The van der Waals surface area contributed by atoms with Crippen LogP contribution in [0.15, 0.2) is 24.3 Å². The molecule has 0 saturated carbocycles. The number of piperidine rings is 1. The summed E-state index contributed by atoms with van der Waals surface area (Å²) < 4.78 is 13.4. The molecule has 3 nitrogen and oxygen atoms in total. The molecule has 0 bridgehead atoms. The number of rotatable bonds is 3. The zero-order valence-corrected chi connectivity index (χ0v) is 13.7. The van der Waals surface area contributed by atoms with Gasteiger partial charge in [-0.2, -0.15) is 0 Å². The van der Waals surface area contributed by atoms with Crippen LogP contribution in [-0.2, 0) is 10.2 Å². The standard InChI is InChI=1S/C16H23FN2O.ClH/c1-16(2,12-6-4-7-13(17)10-12)15(20)19-9-5-8-14(11-19)18-3;/h4,6-7,10,14,18H,5,8-9,11H2,1-3H3;1H. The van der Waals surface area contributed by atoms with Gasteiger partial charge >= 0.3 is 0 Å². The second kappa shape index (κ2) is 7.23. The van der Waals surface area contributed by atoms with Crippen LogP contribution in [0.3, 0.4) is 0 Å². The van der Waals surface area contributed by atoms with Crippen molar-refractivity contribution in [2.24, 2.45) is 0 Å². The molecular weight excluding hydrogens is 291 g/mol. The van der Waals surface area contributed by atoms with E-state index in [-0.39, 0.29) is 24.1 Å². The van der Waals surface area contributed by atoms with Crippen LogP contribution in [-0.4, -0.2) is 37.0 Å². The molecule has 1 N–H and O–H groups in total. The largest absolute Gasteiger partial charge is 0.340 e. The van der Waals surface area contributed by atoms with E-state index in [1.165, 1.54) is 12.1 Å². The monoisotopic (exact) mass is 314 g/mol. The summed E-state index contributed by atoms with van der Waals surface area (Å²) in [5, 5.41) is 3.24. The maximum absolute atomic E-state index is 13.4. The van der Waals surface area contributed by atoms with Gasteiger partial charge in [-0.3, -0.25) is 4.79 Å². The zero-order valence-electron chi connectivity index (χ0n) is 12.9. The number of amides is 1. The van der Waals surface area contributed by atoms with Crippen LogP contribution < -0.4 is 5.32 Å². The Bertz CT molecular complexity index is 493. The van der Waals surface area contributed by atoms with E-state index in [1.807, 2.05) is 31.9 Å². The maximum atomic E-state index is 13.4. The summed E-state index contributed by atoms with van der Waals surface area (Å²) in [5.41, 5.74) is 0.0339. The fraction of sp³-hybridized carbons (Fsp3) is 0.562. The quantitative estimate of drug-likeness (QED) is 0.930. The summed E-state index contributed by atoms with van der Waals surface area (Å²) >= 11 is 0. The van der Waals surface area contributed by atoms with Gasteiger partial charge in [-0.05, 0) is 51.4 Å². The first kappa shape index (κ1) is 17.9. The first-order valence-electron chi connectivity index (χ1n) is 7.18. The van der Waals surface area contributed by atoms with Gasteiger partial charge < -0.3 is 10.2 Å². The molecule has 1 saturated heterocycles. The van der Waals surface area contributed by atoms with Gasteiger partial charge in [0.25, 0.3) is 0 Å². The number of likely N-dealkylation sites (tertiary alicyclic amines) is 1. The van der Waals surface area contributed by atoms with Gasteiger partial charge in [0.1, 0.15) is 5.82 Å². The van der Waals surface area contributed by atoms with Crippen LogP contribution in [0.4, 0.5) is 4.39 Å². The van der Waals surface area contributed by atoms with Crippen LogP contribution in [0.5, 0.6) is 0 Å². The molecular formula is C16H24ClFN2O. The summed E-state index contributed by atoms with van der Waals surface area (Å²) in [6, 6.07) is 6.70. The third kappa shape index (κ3) is 3.95. The van der Waals surface area contributed by atoms with Gasteiger partial charge in [0.15, 0.2) is 0 Å². The lowest BCUT2D eigenvalue weighted by Gasteiger charge is -2.37. The van der Waals surface area contributed by atoms with Gasteiger partial charge in [0.05, 0.1) is 5.41 Å². The van der Waals surface area contributed by atoms with Crippen molar-refractivity contribution in [3.8, 4) is 0 Å². The van der Waals surface area contributed by atoms with E-state index in [4.69, 9.17) is 0 Å². The predicted octanol–water partition coefficient (Wildman–Crippen LogP) is 2.74. The molecule has 118 valence electrons. The number of halogens is 2. The van der Waals surface area contributed by atoms with Crippen LogP contribution in [0.2, 0.25) is 0 Å². The summed E-state index contributed by atoms with van der Waals surface area (Å²) in [7, 11) is 1.93. The summed E-state index contributed by atoms with van der Waals surface area (Å²) in [4.78, 5) is 14.7. The molecule has 2 rings (SSSR count). The Morgan fingerprint density at radius 1 is 1.43 bits per heavy atom. The number of hydrogen-bond donors (Lipinski definition) is 1. The molecule has 1 unspecified atom stereocenters. The van der Waals surface area contributed by atoms with E-state index in [9.17, 15) is 9.18 Å². The predicted molar refractivity (Wildman–Crippen MR) is 85.3 cm³/mol. The number of carbonyl (C=O) groups excluding carboxylic acids is 1. The Hall–Kier alpha value is -1.13. The SMILES string of the molecule is CNC1CCCN(C(=O)C(C)(C)c2cccc(F)c2)C1.Cl. The summed E-state index contributed by atoms with van der Waals surface area (Å²) in [5.74, 6) is -0.224. The normalized spacial score (nSPS) is 19.0. The van der Waals surface area contributed by atoms with Crippen LogP contribution in [0.25, 0.3) is 0 Å². The molecule has 0 radical (unpaired) electrons. The van der Waals surface area contributed by atoms with Crippen LogP contribution in [0, 0.1) is 5.82 Å². The number of nitrogens with one attached hydrogen (secondary N) is 1. The average Bonchev–Trinajstić information content (AvgIpc) is 2.46. The van der Waals surface area contributed by atoms with E-state index in [0.717, 1.165) is 31.5 Å². The third-order valence-electron chi connectivity index (χ3n) is 4.20. The first-order chi connectivity index (χ1) is 9.45. The maximum Gasteiger partial charge on any atom is 0.232 e. The molecule has 0 aliphatic carbocycles. The van der Waals surface area contributed by atoms with Crippen molar-refractivity contribution >= 4 is 18.3 Å². The molecule has 1 aliphatic rings. The van der Waals surface area contributed by atoms with Crippen molar-refractivity contribution < 1.29 is 9.18 Å². The van der Waals surface area contributed by atoms with E-state index >= 15 is 0 Å².